The number of pyridine rings is 1. The molecule has 1 atom stereocenters. The summed E-state index contributed by atoms with van der Waals surface area (Å²) >= 11 is 14.3. The first-order valence-corrected chi connectivity index (χ1v) is 7.20. The second kappa shape index (κ2) is 5.85. The van der Waals surface area contributed by atoms with Crippen LogP contribution in [-0.4, -0.2) is 4.98 Å². The Balaban J connectivity index is 2.17. The summed E-state index contributed by atoms with van der Waals surface area (Å²) in [7, 11) is 0. The van der Waals surface area contributed by atoms with E-state index >= 15 is 0 Å². The maximum Gasteiger partial charge on any atom is 0.0722 e. The molecule has 0 amide bonds. The van der Waals surface area contributed by atoms with Crippen molar-refractivity contribution in [2.24, 2.45) is 0 Å². The molecule has 0 saturated carbocycles. The van der Waals surface area contributed by atoms with E-state index in [1.54, 1.807) is 23.7 Å². The minimum Gasteiger partial charge on any atom is -0.263 e. The third kappa shape index (κ3) is 3.01. The van der Waals surface area contributed by atoms with Gasteiger partial charge in [-0.2, -0.15) is 0 Å². The highest BCUT2D eigenvalue weighted by molar-refractivity contribution is 7.10. The van der Waals surface area contributed by atoms with Gasteiger partial charge >= 0.3 is 0 Å². The molecule has 0 spiro atoms. The van der Waals surface area contributed by atoms with Crippen molar-refractivity contribution in [2.75, 3.05) is 0 Å². The summed E-state index contributed by atoms with van der Waals surface area (Å²) in [6.45, 7) is 2.15. The van der Waals surface area contributed by atoms with E-state index in [0.29, 0.717) is 5.02 Å². The van der Waals surface area contributed by atoms with Gasteiger partial charge in [0, 0.05) is 17.3 Å². The summed E-state index contributed by atoms with van der Waals surface area (Å²) < 4.78 is 0. The van der Waals surface area contributed by atoms with Gasteiger partial charge in [-0.1, -0.05) is 18.5 Å². The molecule has 1 nitrogen and oxygen atoms in total. The topological polar surface area (TPSA) is 12.9 Å². The van der Waals surface area contributed by atoms with E-state index in [1.807, 2.05) is 6.07 Å². The summed E-state index contributed by atoms with van der Waals surface area (Å²) in [5, 5.41) is 2.77. The third-order valence-electron chi connectivity index (χ3n) is 2.70. The Labute approximate surface area is 115 Å². The first-order chi connectivity index (χ1) is 8.22. The van der Waals surface area contributed by atoms with Crippen molar-refractivity contribution < 1.29 is 0 Å². The minimum absolute atomic E-state index is 0.00940. The van der Waals surface area contributed by atoms with Crippen molar-refractivity contribution in [3.05, 3.63) is 50.9 Å². The van der Waals surface area contributed by atoms with Gasteiger partial charge in [0.15, 0.2) is 0 Å². The molecule has 2 aromatic rings. The van der Waals surface area contributed by atoms with E-state index in [2.05, 4.69) is 23.4 Å². The van der Waals surface area contributed by atoms with Crippen LogP contribution in [0.1, 0.15) is 28.3 Å². The second-order valence-corrected chi connectivity index (χ2v) is 5.68. The molecule has 0 bridgehead atoms. The first kappa shape index (κ1) is 12.9. The molecule has 0 aliphatic carbocycles. The summed E-state index contributed by atoms with van der Waals surface area (Å²) in [5.74, 6) is 0. The highest BCUT2D eigenvalue weighted by atomic mass is 35.5. The highest BCUT2D eigenvalue weighted by Gasteiger charge is 2.15. The fourth-order valence-electron chi connectivity index (χ4n) is 1.77. The van der Waals surface area contributed by atoms with Gasteiger partial charge in [-0.05, 0) is 41.5 Å². The fourth-order valence-corrected chi connectivity index (χ4v) is 3.40. The van der Waals surface area contributed by atoms with E-state index < -0.39 is 0 Å². The normalized spacial score (nSPS) is 12.6. The summed E-state index contributed by atoms with van der Waals surface area (Å²) in [5.41, 5.74) is 2.39. The highest BCUT2D eigenvalue weighted by Crippen LogP contribution is 2.33. The average Bonchev–Trinajstić information content (AvgIpc) is 2.80. The third-order valence-corrected chi connectivity index (χ3v) is 4.62. The molecule has 2 heterocycles. The molecule has 1 unspecified atom stereocenters. The van der Waals surface area contributed by atoms with Crippen LogP contribution in [0.25, 0.3) is 0 Å². The molecule has 0 saturated heterocycles. The van der Waals surface area contributed by atoms with Gasteiger partial charge in [0.05, 0.1) is 10.4 Å². The molecular weight excluding hydrogens is 273 g/mol. The molecule has 0 aliphatic rings. The number of aromatic nitrogens is 1. The molecule has 2 rings (SSSR count). The lowest BCUT2D eigenvalue weighted by molar-refractivity contribution is 0.916. The first-order valence-electron chi connectivity index (χ1n) is 5.51. The number of hydrogen-bond acceptors (Lipinski definition) is 2. The lowest BCUT2D eigenvalue weighted by Gasteiger charge is -2.10. The van der Waals surface area contributed by atoms with Crippen LogP contribution in [0, 0.1) is 0 Å². The van der Waals surface area contributed by atoms with E-state index in [9.17, 15) is 0 Å². The van der Waals surface area contributed by atoms with Crippen LogP contribution in [0.3, 0.4) is 0 Å². The van der Waals surface area contributed by atoms with Crippen LogP contribution in [0.15, 0.2) is 29.9 Å². The quantitative estimate of drug-likeness (QED) is 0.730. The average molecular weight is 286 g/mol. The van der Waals surface area contributed by atoms with Crippen LogP contribution in [0.2, 0.25) is 5.02 Å². The van der Waals surface area contributed by atoms with Crippen molar-refractivity contribution in [3.8, 4) is 0 Å². The van der Waals surface area contributed by atoms with Gasteiger partial charge in [-0.3, -0.25) is 4.98 Å². The van der Waals surface area contributed by atoms with Crippen molar-refractivity contribution in [2.45, 2.75) is 25.1 Å². The van der Waals surface area contributed by atoms with Crippen LogP contribution < -0.4 is 0 Å². The van der Waals surface area contributed by atoms with Gasteiger partial charge in [0.1, 0.15) is 0 Å². The fraction of sp³-hybridized carbons (Fsp3) is 0.308. The lowest BCUT2D eigenvalue weighted by atomic mass is 10.1. The number of hydrogen-bond donors (Lipinski definition) is 0. The monoisotopic (exact) mass is 285 g/mol. The summed E-state index contributed by atoms with van der Waals surface area (Å²) in [6.07, 6.45) is 5.18. The van der Waals surface area contributed by atoms with Crippen LogP contribution in [0.4, 0.5) is 0 Å². The number of alkyl halides is 1. The largest absolute Gasteiger partial charge is 0.263 e. The Hall–Kier alpha value is -0.570. The predicted octanol–water partition coefficient (Wildman–Crippen LogP) is 4.88. The van der Waals surface area contributed by atoms with Crippen molar-refractivity contribution in [3.63, 3.8) is 0 Å². The number of aryl methyl sites for hydroxylation is 1. The van der Waals surface area contributed by atoms with Crippen molar-refractivity contribution in [1.29, 1.82) is 0 Å². The number of halogens is 2. The SMILES string of the molecule is CCc1ccsc1C(Cl)Cc1ccncc1Cl. The van der Waals surface area contributed by atoms with Crippen LogP contribution >= 0.6 is 34.5 Å². The maximum absolute atomic E-state index is 6.47. The molecular formula is C13H13Cl2NS. The van der Waals surface area contributed by atoms with Crippen molar-refractivity contribution >= 4 is 34.5 Å². The Kier molecular flexibility index (Phi) is 4.43. The summed E-state index contributed by atoms with van der Waals surface area (Å²) in [4.78, 5) is 5.23. The maximum atomic E-state index is 6.47. The summed E-state index contributed by atoms with van der Waals surface area (Å²) in [6, 6.07) is 4.07. The van der Waals surface area contributed by atoms with Gasteiger partial charge in [-0.15, -0.1) is 22.9 Å². The molecule has 4 heteroatoms. The Bertz CT molecular complexity index is 496. The smallest absolute Gasteiger partial charge is 0.0722 e. The number of rotatable bonds is 4. The number of nitrogens with zero attached hydrogens (tertiary/aromatic N) is 1. The molecule has 0 N–H and O–H groups in total. The van der Waals surface area contributed by atoms with Gasteiger partial charge in [0.2, 0.25) is 0 Å². The Morgan fingerprint density at radius 1 is 1.35 bits per heavy atom. The van der Waals surface area contributed by atoms with E-state index in [4.69, 9.17) is 23.2 Å². The van der Waals surface area contributed by atoms with Crippen LogP contribution in [0.5, 0.6) is 0 Å². The zero-order valence-corrected chi connectivity index (χ0v) is 11.8. The molecule has 0 aromatic carbocycles. The van der Waals surface area contributed by atoms with E-state index in [0.717, 1.165) is 18.4 Å². The van der Waals surface area contributed by atoms with E-state index in [-0.39, 0.29) is 5.38 Å². The molecule has 0 radical (unpaired) electrons. The standard InChI is InChI=1S/C13H13Cl2NS/c1-2-9-4-6-17-13(9)11(14)7-10-3-5-16-8-12(10)15/h3-6,8,11H,2,7H2,1H3. The van der Waals surface area contributed by atoms with Gasteiger partial charge in [-0.25, -0.2) is 0 Å². The lowest BCUT2D eigenvalue weighted by Crippen LogP contribution is -1.97. The number of thiophene rings is 1. The molecule has 0 aliphatic heterocycles. The van der Waals surface area contributed by atoms with Crippen LogP contribution in [-0.2, 0) is 12.8 Å². The van der Waals surface area contributed by atoms with Gasteiger partial charge in [0.25, 0.3) is 0 Å². The van der Waals surface area contributed by atoms with Gasteiger partial charge < -0.3 is 0 Å². The van der Waals surface area contributed by atoms with Crippen molar-refractivity contribution in [1.82, 2.24) is 4.98 Å². The molecule has 2 aromatic heterocycles. The Morgan fingerprint density at radius 3 is 2.88 bits per heavy atom. The minimum atomic E-state index is -0.00940. The molecule has 0 fully saturated rings. The Morgan fingerprint density at radius 2 is 2.18 bits per heavy atom. The predicted molar refractivity (Wildman–Crippen MR) is 75.2 cm³/mol. The molecule has 90 valence electrons. The zero-order chi connectivity index (χ0) is 12.3. The zero-order valence-electron chi connectivity index (χ0n) is 9.49. The van der Waals surface area contributed by atoms with E-state index in [1.165, 1.54) is 10.4 Å². The second-order valence-electron chi connectivity index (χ2n) is 3.80. The molecule has 17 heavy (non-hydrogen) atoms.